The van der Waals surface area contributed by atoms with Crippen molar-refractivity contribution in [2.45, 2.75) is 0 Å². The minimum Gasteiger partial charge on any atom is -1.00 e. The zero-order chi connectivity index (χ0) is 0. The van der Waals surface area contributed by atoms with E-state index in [-0.39, 0.29) is 114 Å². The van der Waals surface area contributed by atoms with E-state index >= 15 is 0 Å². The van der Waals surface area contributed by atoms with Gasteiger partial charge in [-0.15, -0.1) is 0 Å². The van der Waals surface area contributed by atoms with Gasteiger partial charge in [0.05, 0.1) is 0 Å². The summed E-state index contributed by atoms with van der Waals surface area (Å²) in [6.07, 6.45) is 0. The summed E-state index contributed by atoms with van der Waals surface area (Å²) in [6.45, 7) is 0. The Morgan fingerprint density at radius 3 is 1.25 bits per heavy atom. The molecule has 0 spiro atoms. The Labute approximate surface area is 112 Å². The minimum absolute atomic E-state index is 0. The largest absolute Gasteiger partial charge is 2.00 e. The van der Waals surface area contributed by atoms with Crippen molar-refractivity contribution in [2.24, 2.45) is 0 Å². The van der Waals surface area contributed by atoms with Gasteiger partial charge in [0, 0.05) is 16.5 Å². The summed E-state index contributed by atoms with van der Waals surface area (Å²) in [5.41, 5.74) is 0. The summed E-state index contributed by atoms with van der Waals surface area (Å²) in [5.74, 6) is 0. The van der Waals surface area contributed by atoms with Gasteiger partial charge in [-0.05, 0) is 0 Å². The zero-order valence-electron chi connectivity index (χ0n) is 7.73. The van der Waals surface area contributed by atoms with Gasteiger partial charge in [-0.3, -0.25) is 0 Å². The third kappa shape index (κ3) is 9.06. The van der Waals surface area contributed by atoms with Gasteiger partial charge in [-0.25, -0.2) is 0 Å². The Morgan fingerprint density at radius 1 is 1.25 bits per heavy atom. The van der Waals surface area contributed by atoms with Gasteiger partial charge in [0.15, 0.2) is 0 Å². The average molecular weight is 232 g/mol. The van der Waals surface area contributed by atoms with Gasteiger partial charge in [0.25, 0.3) is 0 Å². The van der Waals surface area contributed by atoms with Crippen LogP contribution in [-0.4, -0.2) is 71.9 Å². The molecule has 0 aliphatic rings. The van der Waals surface area contributed by atoms with E-state index in [1.807, 2.05) is 0 Å². The Balaban J connectivity index is 0. The van der Waals surface area contributed by atoms with Crippen LogP contribution in [0.2, 0.25) is 0 Å². The van der Waals surface area contributed by atoms with E-state index in [4.69, 9.17) is 0 Å². The topological polar surface area (TPSA) is 0 Å². The van der Waals surface area contributed by atoms with E-state index in [0.29, 0.717) is 0 Å². The summed E-state index contributed by atoms with van der Waals surface area (Å²) in [6, 6.07) is 0. The van der Waals surface area contributed by atoms with Crippen LogP contribution in [0.3, 0.4) is 0 Å². The fraction of sp³-hybridized carbons (Fsp3) is 0. The van der Waals surface area contributed by atoms with E-state index in [9.17, 15) is 0 Å². The molecule has 0 bridgehead atoms. The van der Waals surface area contributed by atoms with Crippen LogP contribution in [0.1, 0.15) is 7.13 Å². The minimum atomic E-state index is 0. The van der Waals surface area contributed by atoms with E-state index in [1.165, 1.54) is 0 Å². The second-order valence-electron chi connectivity index (χ2n) is 0. The van der Waals surface area contributed by atoms with Crippen molar-refractivity contribution in [3.05, 3.63) is 0 Å². The fourth-order valence-corrected chi connectivity index (χ4v) is 0. The molecule has 0 saturated heterocycles. The molecular weight excluding hydrogens is 227 g/mol. The van der Waals surface area contributed by atoms with Crippen LogP contribution in [-0.2, 0) is 16.5 Å². The molecule has 0 aliphatic heterocycles. The van der Waals surface area contributed by atoms with Crippen molar-refractivity contribution in [3.63, 3.8) is 0 Å². The first-order valence-electron chi connectivity index (χ1n) is 0. The molecule has 4 heavy (non-hydrogen) atoms. The molecule has 0 rings (SSSR count). The third-order valence-corrected chi connectivity index (χ3v) is 0. The van der Waals surface area contributed by atoms with Gasteiger partial charge in [-0.2, -0.15) is 0 Å². The molecule has 0 aromatic rings. The van der Waals surface area contributed by atoms with Crippen LogP contribution in [0.25, 0.3) is 0 Å². The van der Waals surface area contributed by atoms with Gasteiger partial charge >= 0.3 is 90.8 Å². The van der Waals surface area contributed by atoms with Crippen LogP contribution >= 0.6 is 0 Å². The van der Waals surface area contributed by atoms with Crippen LogP contribution in [0.15, 0.2) is 0 Å². The molecule has 0 aromatic carbocycles. The molecule has 0 fully saturated rings. The molecule has 0 aliphatic carbocycles. The van der Waals surface area contributed by atoms with Gasteiger partial charge in [-0.1, -0.05) is 0 Å². The Hall–Kier alpha value is 3.43. The standard InChI is InChI=1S/Ba.Li.Mg.Ni.5H/q+2;+1;+2;;5*-1. The SMILES string of the molecule is [Ba+2].[H-].[H-].[H-].[H-].[H-].[Li+].[Mg+2].[Ni]. The summed E-state index contributed by atoms with van der Waals surface area (Å²) in [5, 5.41) is 0. The second kappa shape index (κ2) is 16.1. The maximum atomic E-state index is 0. The molecule has 0 nitrogen and oxygen atoms in total. The van der Waals surface area contributed by atoms with Crippen molar-refractivity contribution < 1.29 is 42.5 Å². The Morgan fingerprint density at radius 2 is 1.25 bits per heavy atom. The molecule has 0 atom stereocenters. The van der Waals surface area contributed by atoms with Crippen LogP contribution < -0.4 is 18.9 Å². The first-order valence-corrected chi connectivity index (χ1v) is 0. The molecular formula is H5BaLiMgNi. The molecule has 0 unspecified atom stereocenters. The Bertz CT molecular complexity index is 16.9. The molecule has 0 saturated carbocycles. The molecule has 0 N–H and O–H groups in total. The Kier molecular flexibility index (Phi) is 105. The normalized spacial score (nSPS) is 0. The molecule has 0 radical (unpaired) electrons. The monoisotopic (exact) mass is 232 g/mol. The van der Waals surface area contributed by atoms with E-state index in [2.05, 4.69) is 0 Å². The van der Waals surface area contributed by atoms with Crippen LogP contribution in [0.4, 0.5) is 0 Å². The van der Waals surface area contributed by atoms with E-state index in [1.54, 1.807) is 0 Å². The number of hydrogen-bond donors (Lipinski definition) is 0. The zero-order valence-corrected chi connectivity index (χ0v) is 9.57. The predicted molar refractivity (Wildman–Crippen MR) is 17.1 cm³/mol. The van der Waals surface area contributed by atoms with Crippen molar-refractivity contribution in [3.8, 4) is 0 Å². The summed E-state index contributed by atoms with van der Waals surface area (Å²) in [7, 11) is 0. The van der Waals surface area contributed by atoms with Gasteiger partial charge < -0.3 is 7.13 Å². The number of rotatable bonds is 0. The molecule has 0 amide bonds. The van der Waals surface area contributed by atoms with E-state index < -0.39 is 0 Å². The third-order valence-electron chi connectivity index (χ3n) is 0. The maximum Gasteiger partial charge on any atom is 2.00 e. The molecule has 4 heteroatoms. The first kappa shape index (κ1) is 26.1. The fourth-order valence-electron chi connectivity index (χ4n) is 0. The second-order valence-corrected chi connectivity index (χ2v) is 0. The van der Waals surface area contributed by atoms with E-state index in [0.717, 1.165) is 0 Å². The summed E-state index contributed by atoms with van der Waals surface area (Å²) in [4.78, 5) is 0. The van der Waals surface area contributed by atoms with Crippen molar-refractivity contribution in [1.29, 1.82) is 0 Å². The number of hydrogen-bond acceptors (Lipinski definition) is 0. The maximum absolute atomic E-state index is 0. The van der Waals surface area contributed by atoms with Crippen molar-refractivity contribution in [1.82, 2.24) is 0 Å². The van der Waals surface area contributed by atoms with Crippen LogP contribution in [0.5, 0.6) is 0 Å². The van der Waals surface area contributed by atoms with Crippen LogP contribution in [0, 0.1) is 0 Å². The predicted octanol–water partition coefficient (Wildman–Crippen LogP) is -3.20. The quantitative estimate of drug-likeness (QED) is 0.386. The summed E-state index contributed by atoms with van der Waals surface area (Å²) >= 11 is 0. The van der Waals surface area contributed by atoms with Crippen molar-refractivity contribution in [2.75, 3.05) is 0 Å². The average Bonchev–Trinajstić information content (AvgIpc) is 0. The first-order chi connectivity index (χ1) is 0. The smallest absolute Gasteiger partial charge is 1.00 e. The summed E-state index contributed by atoms with van der Waals surface area (Å²) < 4.78 is 0. The molecule has 0 aromatic heterocycles. The van der Waals surface area contributed by atoms with Crippen molar-refractivity contribution >= 4 is 71.9 Å². The molecule has 20 valence electrons. The molecule has 0 heterocycles. The van der Waals surface area contributed by atoms with Gasteiger partial charge in [0.2, 0.25) is 0 Å². The van der Waals surface area contributed by atoms with Gasteiger partial charge in [0.1, 0.15) is 0 Å².